The van der Waals surface area contributed by atoms with Gasteiger partial charge in [0, 0.05) is 16.7 Å². The Labute approximate surface area is 217 Å². The average Bonchev–Trinajstić information content (AvgIpc) is 3.41. The van der Waals surface area contributed by atoms with Crippen molar-refractivity contribution in [2.45, 2.75) is 18.4 Å². The predicted molar refractivity (Wildman–Crippen MR) is 128 cm³/mol. The maximum atomic E-state index is 13.6. The summed E-state index contributed by atoms with van der Waals surface area (Å²) in [7, 11) is 1.15. The van der Waals surface area contributed by atoms with E-state index in [0.29, 0.717) is 11.1 Å². The van der Waals surface area contributed by atoms with Gasteiger partial charge < -0.3 is 14.5 Å². The molecule has 5 rings (SSSR count). The molecule has 200 valence electrons. The third kappa shape index (κ3) is 4.51. The zero-order valence-electron chi connectivity index (χ0n) is 20.0. The van der Waals surface area contributed by atoms with Gasteiger partial charge in [-0.05, 0) is 35.9 Å². The normalized spacial score (nSPS) is 16.7. The lowest BCUT2D eigenvalue weighted by Gasteiger charge is -2.39. The van der Waals surface area contributed by atoms with E-state index in [4.69, 9.17) is 4.74 Å². The van der Waals surface area contributed by atoms with Crippen LogP contribution in [0.3, 0.4) is 0 Å². The Balaban J connectivity index is 1.72. The highest BCUT2D eigenvalue weighted by atomic mass is 19.4. The van der Waals surface area contributed by atoms with E-state index in [1.165, 1.54) is 54.6 Å². The van der Waals surface area contributed by atoms with Crippen molar-refractivity contribution in [1.82, 2.24) is 14.9 Å². The van der Waals surface area contributed by atoms with Crippen molar-refractivity contribution in [2.24, 2.45) is 0 Å². The number of aromatic amines is 1. The number of anilines is 1. The zero-order chi connectivity index (χ0) is 27.9. The number of halogens is 4. The molecule has 0 spiro atoms. The second-order valence-corrected chi connectivity index (χ2v) is 8.53. The van der Waals surface area contributed by atoms with Gasteiger partial charge >= 0.3 is 18.2 Å². The summed E-state index contributed by atoms with van der Waals surface area (Å²) in [6, 6.07) is 15.0. The Kier molecular flexibility index (Phi) is 6.21. The quantitative estimate of drug-likeness (QED) is 0.276. The number of ether oxygens (including phenoxy) is 2. The minimum atomic E-state index is -5.38. The van der Waals surface area contributed by atoms with Gasteiger partial charge in [-0.15, -0.1) is 0 Å². The number of alkyl halides is 3. The number of nitrogens with zero attached hydrogens (tertiary/aromatic N) is 2. The lowest BCUT2D eigenvalue weighted by atomic mass is 9.92. The molecule has 2 heterocycles. The number of aromatic nitrogens is 2. The Morgan fingerprint density at radius 3 is 2.49 bits per heavy atom. The van der Waals surface area contributed by atoms with E-state index in [1.807, 2.05) is 0 Å². The SMILES string of the molecule is COC(=O)Nc1nc2ccc(C3(OC(=O)C(F)(F)F)c4ccccc4C(=O)N3Cc3ccc(F)cc3)cc2[nH]1. The second-order valence-electron chi connectivity index (χ2n) is 8.53. The monoisotopic (exact) mass is 542 g/mol. The summed E-state index contributed by atoms with van der Waals surface area (Å²) < 4.78 is 64.1. The van der Waals surface area contributed by atoms with Gasteiger partial charge in [-0.25, -0.2) is 19.0 Å². The summed E-state index contributed by atoms with van der Waals surface area (Å²) in [5, 5.41) is 2.34. The molecule has 0 saturated heterocycles. The highest BCUT2D eigenvalue weighted by Crippen LogP contribution is 2.47. The molecule has 2 amide bonds. The van der Waals surface area contributed by atoms with Crippen molar-refractivity contribution in [3.8, 4) is 0 Å². The molecule has 0 bridgehead atoms. The highest BCUT2D eigenvalue weighted by molar-refractivity contribution is 6.01. The number of esters is 1. The van der Waals surface area contributed by atoms with E-state index in [-0.39, 0.29) is 34.7 Å². The summed E-state index contributed by atoms with van der Waals surface area (Å²) in [6.07, 6.45) is -6.20. The number of benzene rings is 3. The van der Waals surface area contributed by atoms with Gasteiger partial charge in [-0.3, -0.25) is 15.0 Å². The standard InChI is InChI=1S/C26H18F4N4O5/c1-38-24(37)33-23-31-19-11-8-15(12-20(19)32-23)25(39-22(36)26(28,29)30)18-5-3-2-4-17(18)21(35)34(25)13-14-6-9-16(27)10-7-14/h2-12H,13H2,1H3,(H2,31,32,33,37). The molecule has 4 aromatic rings. The van der Waals surface area contributed by atoms with Gasteiger partial charge in [0.2, 0.25) is 11.7 Å². The number of amides is 2. The van der Waals surface area contributed by atoms with Gasteiger partial charge in [0.05, 0.1) is 24.7 Å². The molecule has 1 aromatic heterocycles. The van der Waals surface area contributed by atoms with Crippen molar-refractivity contribution in [1.29, 1.82) is 0 Å². The molecule has 0 saturated carbocycles. The fourth-order valence-corrected chi connectivity index (χ4v) is 4.45. The number of nitrogens with one attached hydrogen (secondary N) is 2. The minimum Gasteiger partial charge on any atom is -0.453 e. The number of methoxy groups -OCH3 is 1. The van der Waals surface area contributed by atoms with Crippen LogP contribution in [-0.2, 0) is 26.5 Å². The Hall–Kier alpha value is -4.94. The van der Waals surface area contributed by atoms with Crippen LogP contribution in [0.15, 0.2) is 66.7 Å². The topological polar surface area (TPSA) is 114 Å². The maximum absolute atomic E-state index is 13.6. The number of H-pyrrole nitrogens is 1. The van der Waals surface area contributed by atoms with E-state index in [9.17, 15) is 31.9 Å². The molecule has 1 atom stereocenters. The van der Waals surface area contributed by atoms with Gasteiger partial charge in [-0.2, -0.15) is 13.2 Å². The molecule has 39 heavy (non-hydrogen) atoms. The summed E-state index contributed by atoms with van der Waals surface area (Å²) in [4.78, 5) is 45.5. The van der Waals surface area contributed by atoms with Crippen LogP contribution in [-0.4, -0.2) is 46.1 Å². The van der Waals surface area contributed by atoms with Crippen LogP contribution in [0.2, 0.25) is 0 Å². The Morgan fingerprint density at radius 1 is 1.08 bits per heavy atom. The molecule has 3 aromatic carbocycles. The average molecular weight is 542 g/mol. The van der Waals surface area contributed by atoms with Crippen LogP contribution in [0.5, 0.6) is 0 Å². The number of imidazole rings is 1. The molecule has 1 unspecified atom stereocenters. The van der Waals surface area contributed by atoms with Crippen LogP contribution in [0.1, 0.15) is 27.0 Å². The number of fused-ring (bicyclic) bond motifs is 2. The number of carbonyl (C=O) groups excluding carboxylic acids is 3. The lowest BCUT2D eigenvalue weighted by molar-refractivity contribution is -0.222. The first-order chi connectivity index (χ1) is 18.5. The van der Waals surface area contributed by atoms with Crippen molar-refractivity contribution in [2.75, 3.05) is 12.4 Å². The fourth-order valence-electron chi connectivity index (χ4n) is 4.45. The molecular formula is C26H18F4N4O5. The van der Waals surface area contributed by atoms with Gasteiger partial charge in [0.1, 0.15) is 5.82 Å². The van der Waals surface area contributed by atoms with Gasteiger partial charge in [0.25, 0.3) is 5.91 Å². The summed E-state index contributed by atoms with van der Waals surface area (Å²) in [6.45, 7) is -0.324. The number of carbonyl (C=O) groups is 3. The van der Waals surface area contributed by atoms with Crippen LogP contribution < -0.4 is 5.32 Å². The van der Waals surface area contributed by atoms with Crippen molar-refractivity contribution in [3.05, 3.63) is 94.8 Å². The van der Waals surface area contributed by atoms with Gasteiger partial charge in [-0.1, -0.05) is 36.4 Å². The van der Waals surface area contributed by atoms with Gasteiger partial charge in [0.15, 0.2) is 0 Å². The first-order valence-corrected chi connectivity index (χ1v) is 11.3. The first-order valence-electron chi connectivity index (χ1n) is 11.3. The number of hydrogen-bond acceptors (Lipinski definition) is 6. The molecule has 0 aliphatic carbocycles. The van der Waals surface area contributed by atoms with E-state index >= 15 is 0 Å². The van der Waals surface area contributed by atoms with E-state index in [2.05, 4.69) is 20.0 Å². The van der Waals surface area contributed by atoms with E-state index in [0.717, 1.165) is 24.1 Å². The molecule has 0 fully saturated rings. The highest BCUT2D eigenvalue weighted by Gasteiger charge is 2.57. The van der Waals surface area contributed by atoms with Crippen molar-refractivity contribution >= 4 is 35.0 Å². The van der Waals surface area contributed by atoms with Crippen LogP contribution in [0.4, 0.5) is 28.3 Å². The molecular weight excluding hydrogens is 524 g/mol. The largest absolute Gasteiger partial charge is 0.491 e. The van der Waals surface area contributed by atoms with Crippen molar-refractivity contribution in [3.63, 3.8) is 0 Å². The summed E-state index contributed by atoms with van der Waals surface area (Å²) >= 11 is 0. The van der Waals surface area contributed by atoms with Crippen molar-refractivity contribution < 1.29 is 41.4 Å². The number of hydrogen-bond donors (Lipinski definition) is 2. The third-order valence-electron chi connectivity index (χ3n) is 6.15. The first kappa shape index (κ1) is 25.7. The molecule has 1 aliphatic rings. The van der Waals surface area contributed by atoms with Crippen LogP contribution in [0, 0.1) is 5.82 Å². The zero-order valence-corrected chi connectivity index (χ0v) is 20.0. The third-order valence-corrected chi connectivity index (χ3v) is 6.15. The van der Waals surface area contributed by atoms with Crippen LogP contribution >= 0.6 is 0 Å². The molecule has 0 radical (unpaired) electrons. The fraction of sp³-hybridized carbons (Fsp3) is 0.154. The maximum Gasteiger partial charge on any atom is 0.491 e. The molecule has 9 nitrogen and oxygen atoms in total. The Bertz CT molecular complexity index is 1600. The van der Waals surface area contributed by atoms with E-state index in [1.54, 1.807) is 0 Å². The minimum absolute atomic E-state index is 0.00138. The van der Waals surface area contributed by atoms with Crippen LogP contribution in [0.25, 0.3) is 11.0 Å². The molecule has 2 N–H and O–H groups in total. The molecule has 1 aliphatic heterocycles. The molecule has 13 heteroatoms. The summed E-state index contributed by atoms with van der Waals surface area (Å²) in [5.41, 5.74) is -1.42. The number of rotatable bonds is 5. The predicted octanol–water partition coefficient (Wildman–Crippen LogP) is 4.84. The second kappa shape index (κ2) is 9.42. The summed E-state index contributed by atoms with van der Waals surface area (Å²) in [5.74, 6) is -3.79. The smallest absolute Gasteiger partial charge is 0.453 e. The Morgan fingerprint density at radius 2 is 1.79 bits per heavy atom. The lowest BCUT2D eigenvalue weighted by Crippen LogP contribution is -2.49. The van der Waals surface area contributed by atoms with E-state index < -0.39 is 35.7 Å².